The third-order valence-corrected chi connectivity index (χ3v) is 7.53. The van der Waals surface area contributed by atoms with E-state index in [0.29, 0.717) is 11.0 Å². The molecule has 3 N–H and O–H groups in total. The van der Waals surface area contributed by atoms with Crippen LogP contribution in [0.4, 0.5) is 9.70 Å². The number of hydrogen-bond acceptors (Lipinski definition) is 10. The number of fused-ring (bicyclic) bond motifs is 1. The molecule has 0 aliphatic carbocycles. The van der Waals surface area contributed by atoms with Gasteiger partial charge in [-0.15, -0.1) is 10.3 Å². The Morgan fingerprint density at radius 2 is 1.90 bits per heavy atom. The third-order valence-electron chi connectivity index (χ3n) is 6.70. The summed E-state index contributed by atoms with van der Waals surface area (Å²) in [6.45, 7) is 1.47. The maximum Gasteiger partial charge on any atom is 0.338 e. The number of esters is 1. The molecule has 1 aliphatic rings. The van der Waals surface area contributed by atoms with Crippen LogP contribution in [0.25, 0.3) is 22.2 Å². The molecule has 3 heterocycles. The Labute approximate surface area is 234 Å². The molecule has 1 fully saturated rings. The van der Waals surface area contributed by atoms with Crippen LogP contribution in [0.1, 0.15) is 22.1 Å². The van der Waals surface area contributed by atoms with E-state index in [9.17, 15) is 22.2 Å². The van der Waals surface area contributed by atoms with Gasteiger partial charge in [0, 0.05) is 11.8 Å². The van der Waals surface area contributed by atoms with Crippen molar-refractivity contribution >= 4 is 33.0 Å². The zero-order chi connectivity index (χ0) is 29.3. The number of carbonyl (C=O) groups excluding carboxylic acids is 1. The van der Waals surface area contributed by atoms with Crippen molar-refractivity contribution in [3.8, 4) is 23.5 Å². The molecule has 4 atom stereocenters. The zero-order valence-corrected chi connectivity index (χ0v) is 22.5. The SMILES string of the molecule is C#CCO[C@@H]1[C@H](O)[C@@H](COC(=O)c2ccc(S(=O)(=O)F)cc2)O[C@H]1n1cc(-c2ccc(C)cc2)c2c(N)ncnc21. The minimum absolute atomic E-state index is 0.0205. The number of nitrogen functional groups attached to an aromatic ring is 1. The van der Waals surface area contributed by atoms with E-state index in [-0.39, 0.29) is 24.6 Å². The minimum Gasteiger partial charge on any atom is -0.459 e. The number of aliphatic hydroxyl groups is 1. The smallest absolute Gasteiger partial charge is 0.338 e. The average molecular weight is 581 g/mol. The first-order chi connectivity index (χ1) is 19.6. The lowest BCUT2D eigenvalue weighted by Crippen LogP contribution is -2.36. The summed E-state index contributed by atoms with van der Waals surface area (Å²) in [4.78, 5) is 20.5. The highest BCUT2D eigenvalue weighted by atomic mass is 32.3. The maximum atomic E-state index is 13.2. The van der Waals surface area contributed by atoms with Crippen LogP contribution in [0.5, 0.6) is 0 Å². The van der Waals surface area contributed by atoms with E-state index in [1.807, 2.05) is 31.2 Å². The summed E-state index contributed by atoms with van der Waals surface area (Å²) in [7, 11) is -4.91. The first-order valence-corrected chi connectivity index (χ1v) is 13.8. The number of ether oxygens (including phenoxy) is 3. The Bertz CT molecular complexity index is 1730. The van der Waals surface area contributed by atoms with Crippen molar-refractivity contribution in [2.75, 3.05) is 18.9 Å². The molecule has 4 aromatic rings. The number of hydrogen-bond donors (Lipinski definition) is 2. The van der Waals surface area contributed by atoms with Crippen LogP contribution >= 0.6 is 0 Å². The number of benzene rings is 2. The first kappa shape index (κ1) is 28.2. The average Bonchev–Trinajstić information content (AvgIpc) is 3.49. The first-order valence-electron chi connectivity index (χ1n) is 12.4. The Morgan fingerprint density at radius 1 is 1.20 bits per heavy atom. The standard InChI is InChI=1S/C28H25FN4O7S/c1-3-12-38-24-23(34)21(14-39-28(35)18-8-10-19(11-9-18)41(29,36)37)40-27(24)33-13-20(17-6-4-16(2)5-7-17)22-25(30)31-15-32-26(22)33/h1,4-11,13,15,21,23-24,27,34H,12,14H2,2H3,(H2,30,31,32)/t21-,23-,24-,27-/m1/s1. The highest BCUT2D eigenvalue weighted by molar-refractivity contribution is 7.86. The Kier molecular flexibility index (Phi) is 7.74. The summed E-state index contributed by atoms with van der Waals surface area (Å²) >= 11 is 0. The predicted octanol–water partition coefficient (Wildman–Crippen LogP) is 2.78. The summed E-state index contributed by atoms with van der Waals surface area (Å²) in [5.74, 6) is 1.79. The van der Waals surface area contributed by atoms with E-state index < -0.39 is 45.6 Å². The van der Waals surface area contributed by atoms with E-state index in [1.165, 1.54) is 6.33 Å². The molecule has 1 aliphatic heterocycles. The summed E-state index contributed by atoms with van der Waals surface area (Å²) < 4.78 is 54.1. The van der Waals surface area contributed by atoms with Crippen LogP contribution < -0.4 is 5.73 Å². The van der Waals surface area contributed by atoms with Crippen LogP contribution in [0.2, 0.25) is 0 Å². The van der Waals surface area contributed by atoms with Gasteiger partial charge in [-0.2, -0.15) is 8.42 Å². The number of aromatic nitrogens is 3. The summed E-state index contributed by atoms with van der Waals surface area (Å²) in [5, 5.41) is 11.7. The van der Waals surface area contributed by atoms with Crippen molar-refractivity contribution in [2.24, 2.45) is 0 Å². The topological polar surface area (TPSA) is 156 Å². The second-order valence-electron chi connectivity index (χ2n) is 9.37. The molecular weight excluding hydrogens is 555 g/mol. The van der Waals surface area contributed by atoms with E-state index in [1.54, 1.807) is 10.8 Å². The molecule has 2 aromatic carbocycles. The predicted molar refractivity (Wildman–Crippen MR) is 146 cm³/mol. The summed E-state index contributed by atoms with van der Waals surface area (Å²) in [6, 6.07) is 11.9. The fourth-order valence-corrected chi connectivity index (χ4v) is 5.11. The molecule has 0 spiro atoms. The van der Waals surface area contributed by atoms with Crippen molar-refractivity contribution < 1.29 is 36.4 Å². The lowest BCUT2D eigenvalue weighted by molar-refractivity contribution is -0.0657. The van der Waals surface area contributed by atoms with Gasteiger partial charge >= 0.3 is 16.2 Å². The highest BCUT2D eigenvalue weighted by Crippen LogP contribution is 2.39. The van der Waals surface area contributed by atoms with Crippen LogP contribution in [-0.2, 0) is 24.4 Å². The normalized spacial score (nSPS) is 20.6. The number of halogens is 1. The fraction of sp³-hybridized carbons (Fsp3) is 0.250. The van der Waals surface area contributed by atoms with Gasteiger partial charge in [-0.3, -0.25) is 0 Å². The van der Waals surface area contributed by atoms with Gasteiger partial charge in [-0.1, -0.05) is 35.7 Å². The van der Waals surface area contributed by atoms with Crippen molar-refractivity contribution in [2.45, 2.75) is 36.4 Å². The molecule has 0 saturated carbocycles. The van der Waals surface area contributed by atoms with E-state index >= 15 is 0 Å². The van der Waals surface area contributed by atoms with Crippen molar-refractivity contribution in [1.82, 2.24) is 14.5 Å². The Hall–Kier alpha value is -4.35. The molecule has 0 amide bonds. The lowest BCUT2D eigenvalue weighted by atomic mass is 10.0. The Morgan fingerprint density at radius 3 is 2.56 bits per heavy atom. The molecule has 0 radical (unpaired) electrons. The molecule has 41 heavy (non-hydrogen) atoms. The van der Waals surface area contributed by atoms with Crippen LogP contribution in [-0.4, -0.2) is 65.6 Å². The number of rotatable bonds is 8. The lowest BCUT2D eigenvalue weighted by Gasteiger charge is -2.21. The summed E-state index contributed by atoms with van der Waals surface area (Å²) in [5.41, 5.74) is 9.33. The highest BCUT2D eigenvalue weighted by Gasteiger charge is 2.47. The number of terminal acetylenes is 1. The molecule has 11 nitrogen and oxygen atoms in total. The van der Waals surface area contributed by atoms with Crippen molar-refractivity contribution in [3.05, 3.63) is 72.2 Å². The molecular formula is C28H25FN4O7S. The van der Waals surface area contributed by atoms with Gasteiger partial charge in [0.05, 0.1) is 15.8 Å². The molecule has 0 bridgehead atoms. The molecule has 2 aromatic heterocycles. The van der Waals surface area contributed by atoms with E-state index in [2.05, 4.69) is 15.9 Å². The number of aryl methyl sites for hydroxylation is 1. The third kappa shape index (κ3) is 5.63. The maximum absolute atomic E-state index is 13.2. The quantitative estimate of drug-likeness (QED) is 0.181. The number of nitrogens with zero attached hydrogens (tertiary/aromatic N) is 3. The van der Waals surface area contributed by atoms with Gasteiger partial charge in [0.15, 0.2) is 6.23 Å². The fourth-order valence-electron chi connectivity index (χ4n) is 4.65. The largest absolute Gasteiger partial charge is 0.459 e. The van der Waals surface area contributed by atoms with E-state index in [4.69, 9.17) is 26.4 Å². The van der Waals surface area contributed by atoms with E-state index in [0.717, 1.165) is 41.0 Å². The van der Waals surface area contributed by atoms with Gasteiger partial charge in [0.2, 0.25) is 0 Å². The monoisotopic (exact) mass is 580 g/mol. The van der Waals surface area contributed by atoms with Gasteiger partial charge < -0.3 is 29.6 Å². The molecule has 212 valence electrons. The second-order valence-corrected chi connectivity index (χ2v) is 10.7. The molecule has 13 heteroatoms. The van der Waals surface area contributed by atoms with Gasteiger partial charge in [0.1, 0.15) is 49.3 Å². The molecule has 0 unspecified atom stereocenters. The second kappa shape index (κ2) is 11.3. The molecule has 5 rings (SSSR count). The van der Waals surface area contributed by atoms with Crippen molar-refractivity contribution in [3.63, 3.8) is 0 Å². The van der Waals surface area contributed by atoms with Crippen molar-refractivity contribution in [1.29, 1.82) is 0 Å². The van der Waals surface area contributed by atoms with Gasteiger partial charge in [0.25, 0.3) is 0 Å². The number of aliphatic hydroxyl groups excluding tert-OH is 1. The summed E-state index contributed by atoms with van der Waals surface area (Å²) in [6.07, 6.45) is 4.29. The zero-order valence-electron chi connectivity index (χ0n) is 21.7. The number of anilines is 1. The number of nitrogens with two attached hydrogens (primary N) is 1. The number of carbonyl (C=O) groups is 1. The van der Waals surface area contributed by atoms with Gasteiger partial charge in [-0.25, -0.2) is 14.8 Å². The van der Waals surface area contributed by atoms with Gasteiger partial charge in [-0.05, 0) is 36.8 Å². The van der Waals surface area contributed by atoms with Crippen LogP contribution in [0.15, 0.2) is 66.0 Å². The minimum atomic E-state index is -4.91. The van der Waals surface area contributed by atoms with Crippen LogP contribution in [0.3, 0.4) is 0 Å². The van der Waals surface area contributed by atoms with Crippen LogP contribution in [0, 0.1) is 19.3 Å². The molecule has 1 saturated heterocycles. The Balaban J connectivity index is 1.43.